The molecular weight excluding hydrogens is 170 g/mol. The second-order valence-corrected chi connectivity index (χ2v) is 3.72. The first-order chi connectivity index (χ1) is 5.72. The molecule has 0 radical (unpaired) electrons. The first-order valence-electron chi connectivity index (χ1n) is 3.91. The summed E-state index contributed by atoms with van der Waals surface area (Å²) in [7, 11) is -0.977. The van der Waals surface area contributed by atoms with E-state index in [0.717, 1.165) is 12.1 Å². The number of hydrogen-bond donors (Lipinski definition) is 1. The molecule has 0 amide bonds. The van der Waals surface area contributed by atoms with Crippen LogP contribution >= 0.6 is 0 Å². The molecule has 0 aliphatic heterocycles. The fraction of sp³-hybridized carbons (Fsp3) is 0.333. The van der Waals surface area contributed by atoms with E-state index in [4.69, 9.17) is 0 Å². The molecule has 3 heteroatoms. The van der Waals surface area contributed by atoms with E-state index in [2.05, 4.69) is 17.7 Å². The number of aryl methyl sites for hydroxylation is 1. The Morgan fingerprint density at radius 3 is 2.83 bits per heavy atom. The van der Waals surface area contributed by atoms with Gasteiger partial charge in [0.2, 0.25) is 0 Å². The zero-order valence-electron chi connectivity index (χ0n) is 7.33. The largest absolute Gasteiger partial charge is 0.305 e. The Hall–Kier alpha value is -0.830. The molecule has 0 saturated heterocycles. The zero-order chi connectivity index (χ0) is 8.97. The van der Waals surface area contributed by atoms with Gasteiger partial charge in [-0.05, 0) is 24.1 Å². The van der Waals surface area contributed by atoms with Crippen LogP contribution in [0.25, 0.3) is 0 Å². The summed E-state index contributed by atoms with van der Waals surface area (Å²) in [6, 6.07) is 7.96. The van der Waals surface area contributed by atoms with Gasteiger partial charge in [0.1, 0.15) is 11.0 Å². The minimum absolute atomic E-state index is 0.926. The van der Waals surface area contributed by atoms with E-state index in [1.54, 1.807) is 6.26 Å². The first-order valence-corrected chi connectivity index (χ1v) is 5.47. The molecule has 0 bridgehead atoms. The first kappa shape index (κ1) is 9.26. The molecule has 0 fully saturated rings. The van der Waals surface area contributed by atoms with E-state index < -0.39 is 11.0 Å². The summed E-state index contributed by atoms with van der Waals surface area (Å²) >= 11 is 0. The summed E-state index contributed by atoms with van der Waals surface area (Å²) in [4.78, 5) is 0. The van der Waals surface area contributed by atoms with Crippen LogP contribution in [0.15, 0.2) is 24.3 Å². The van der Waals surface area contributed by atoms with E-state index in [-0.39, 0.29) is 0 Å². The number of hydrogen-bond acceptors (Lipinski definition) is 1. The predicted molar refractivity (Wildman–Crippen MR) is 53.5 cm³/mol. The van der Waals surface area contributed by atoms with E-state index in [9.17, 15) is 4.21 Å². The molecule has 1 rings (SSSR count). The van der Waals surface area contributed by atoms with E-state index in [0.29, 0.717) is 0 Å². The second-order valence-electron chi connectivity index (χ2n) is 2.61. The summed E-state index contributed by atoms with van der Waals surface area (Å²) in [6.45, 7) is 2.10. The maximum Gasteiger partial charge on any atom is 0.113 e. The van der Waals surface area contributed by atoms with Gasteiger partial charge in [-0.25, -0.2) is 4.21 Å². The summed E-state index contributed by atoms with van der Waals surface area (Å²) in [5.74, 6) is 0. The maximum atomic E-state index is 10.8. The maximum absolute atomic E-state index is 10.8. The van der Waals surface area contributed by atoms with Crippen LogP contribution in [0.5, 0.6) is 0 Å². The number of anilines is 1. The molecule has 1 atom stereocenters. The fourth-order valence-corrected chi connectivity index (χ4v) is 1.48. The topological polar surface area (TPSA) is 29.1 Å². The van der Waals surface area contributed by atoms with Gasteiger partial charge in [0.05, 0.1) is 0 Å². The monoisotopic (exact) mass is 183 g/mol. The van der Waals surface area contributed by atoms with Crippen molar-refractivity contribution in [3.8, 4) is 0 Å². The van der Waals surface area contributed by atoms with Gasteiger partial charge in [-0.15, -0.1) is 0 Å². The third-order valence-electron chi connectivity index (χ3n) is 1.60. The van der Waals surface area contributed by atoms with Gasteiger partial charge >= 0.3 is 0 Å². The standard InChI is InChI=1S/C9H13NOS/c1-3-8-5-4-6-9(7-8)10-12(2)11/h4-7,10H,3H2,1-2H3. The molecule has 0 heterocycles. The Labute approximate surface area is 75.6 Å². The lowest BCUT2D eigenvalue weighted by molar-refractivity contribution is 0.690. The minimum atomic E-state index is -0.977. The van der Waals surface area contributed by atoms with E-state index in [1.807, 2.05) is 18.2 Å². The van der Waals surface area contributed by atoms with Crippen molar-refractivity contribution in [1.82, 2.24) is 0 Å². The number of rotatable bonds is 3. The highest BCUT2D eigenvalue weighted by atomic mass is 32.2. The number of nitrogens with one attached hydrogen (secondary N) is 1. The zero-order valence-corrected chi connectivity index (χ0v) is 8.15. The third-order valence-corrected chi connectivity index (χ3v) is 2.12. The molecule has 1 aromatic carbocycles. The van der Waals surface area contributed by atoms with Gasteiger partial charge in [-0.1, -0.05) is 19.1 Å². The average molecular weight is 183 g/mol. The molecule has 0 aliphatic rings. The molecule has 2 nitrogen and oxygen atoms in total. The fourth-order valence-electron chi connectivity index (χ4n) is 1.02. The highest BCUT2D eigenvalue weighted by Crippen LogP contribution is 2.10. The molecule has 0 saturated carbocycles. The van der Waals surface area contributed by atoms with Crippen LogP contribution in [-0.2, 0) is 17.4 Å². The van der Waals surface area contributed by atoms with Gasteiger partial charge in [0.15, 0.2) is 0 Å². The SMILES string of the molecule is CCc1cccc(NS(C)=O)c1. The lowest BCUT2D eigenvalue weighted by atomic mass is 10.1. The van der Waals surface area contributed by atoms with Crippen molar-refractivity contribution in [3.63, 3.8) is 0 Å². The van der Waals surface area contributed by atoms with Crippen LogP contribution in [0.4, 0.5) is 5.69 Å². The van der Waals surface area contributed by atoms with Crippen molar-refractivity contribution >= 4 is 16.7 Å². The normalized spacial score (nSPS) is 12.5. The average Bonchev–Trinajstić information content (AvgIpc) is 2.03. The Bertz CT molecular complexity index is 286. The lowest BCUT2D eigenvalue weighted by Crippen LogP contribution is -2.00. The molecule has 66 valence electrons. The smallest absolute Gasteiger partial charge is 0.113 e. The summed E-state index contributed by atoms with van der Waals surface area (Å²) in [5, 5.41) is 0. The minimum Gasteiger partial charge on any atom is -0.305 e. The molecule has 0 spiro atoms. The highest BCUT2D eigenvalue weighted by Gasteiger charge is 1.94. The van der Waals surface area contributed by atoms with Crippen LogP contribution in [0.3, 0.4) is 0 Å². The third kappa shape index (κ3) is 2.66. The van der Waals surface area contributed by atoms with Crippen molar-refractivity contribution in [1.29, 1.82) is 0 Å². The second kappa shape index (κ2) is 4.26. The van der Waals surface area contributed by atoms with Gasteiger partial charge in [0, 0.05) is 11.9 Å². The molecule has 1 aromatic rings. The van der Waals surface area contributed by atoms with Gasteiger partial charge in [-0.2, -0.15) is 0 Å². The molecule has 0 aliphatic carbocycles. The van der Waals surface area contributed by atoms with Crippen molar-refractivity contribution in [2.75, 3.05) is 11.0 Å². The quantitative estimate of drug-likeness (QED) is 0.762. The molecule has 12 heavy (non-hydrogen) atoms. The number of benzene rings is 1. The van der Waals surface area contributed by atoms with Crippen LogP contribution < -0.4 is 4.72 Å². The Morgan fingerprint density at radius 2 is 2.25 bits per heavy atom. The van der Waals surface area contributed by atoms with Crippen molar-refractivity contribution in [2.24, 2.45) is 0 Å². The van der Waals surface area contributed by atoms with Gasteiger partial charge in [-0.3, -0.25) is 0 Å². The van der Waals surface area contributed by atoms with Gasteiger partial charge in [0.25, 0.3) is 0 Å². The molecule has 0 aromatic heterocycles. The summed E-state index contributed by atoms with van der Waals surface area (Å²) in [6.07, 6.45) is 2.63. The van der Waals surface area contributed by atoms with E-state index in [1.165, 1.54) is 5.56 Å². The van der Waals surface area contributed by atoms with Crippen LogP contribution in [0, 0.1) is 0 Å². The van der Waals surface area contributed by atoms with Crippen LogP contribution in [0.1, 0.15) is 12.5 Å². The summed E-state index contributed by atoms with van der Waals surface area (Å²) < 4.78 is 13.7. The van der Waals surface area contributed by atoms with Crippen LogP contribution in [-0.4, -0.2) is 10.5 Å². The lowest BCUT2D eigenvalue weighted by Gasteiger charge is -2.03. The summed E-state index contributed by atoms with van der Waals surface area (Å²) in [5.41, 5.74) is 2.18. The molecule has 1 unspecified atom stereocenters. The predicted octanol–water partition coefficient (Wildman–Crippen LogP) is 1.95. The molecule has 1 N–H and O–H groups in total. The van der Waals surface area contributed by atoms with Crippen molar-refractivity contribution in [3.05, 3.63) is 29.8 Å². The van der Waals surface area contributed by atoms with Crippen molar-refractivity contribution < 1.29 is 4.21 Å². The Balaban J connectivity index is 2.79. The van der Waals surface area contributed by atoms with E-state index >= 15 is 0 Å². The van der Waals surface area contributed by atoms with Crippen LogP contribution in [0.2, 0.25) is 0 Å². The highest BCUT2D eigenvalue weighted by molar-refractivity contribution is 7.85. The Morgan fingerprint density at radius 1 is 1.50 bits per heavy atom. The van der Waals surface area contributed by atoms with Crippen molar-refractivity contribution in [2.45, 2.75) is 13.3 Å². The Kier molecular flexibility index (Phi) is 3.29. The molecular formula is C9H13NOS. The van der Waals surface area contributed by atoms with Gasteiger partial charge < -0.3 is 4.72 Å².